The molecule has 1 aliphatic rings. The van der Waals surface area contributed by atoms with Crippen LogP contribution in [0.5, 0.6) is 0 Å². The van der Waals surface area contributed by atoms with Gasteiger partial charge in [0.25, 0.3) is 0 Å². The lowest BCUT2D eigenvalue weighted by Crippen LogP contribution is -2.34. The Bertz CT molecular complexity index is 319. The van der Waals surface area contributed by atoms with E-state index in [0.29, 0.717) is 6.04 Å². The van der Waals surface area contributed by atoms with Gasteiger partial charge in [-0.25, -0.2) is 0 Å². The quantitative estimate of drug-likeness (QED) is 0.722. The molecule has 0 spiro atoms. The molecule has 1 atom stereocenters. The van der Waals surface area contributed by atoms with E-state index in [2.05, 4.69) is 35.6 Å². The monoisotopic (exact) mass is 261 g/mol. The summed E-state index contributed by atoms with van der Waals surface area (Å²) in [7, 11) is 0. The Balaban J connectivity index is 1.42. The lowest BCUT2D eigenvalue weighted by molar-refractivity contribution is 0.117. The maximum atomic E-state index is 5.73. The van der Waals surface area contributed by atoms with Gasteiger partial charge in [0, 0.05) is 19.3 Å². The van der Waals surface area contributed by atoms with Crippen LogP contribution in [0.15, 0.2) is 30.3 Å². The SMILES string of the molecule is c1ccc(CCCCOCCC2CCCCN2)cc1. The molecule has 106 valence electrons. The van der Waals surface area contributed by atoms with E-state index in [4.69, 9.17) is 4.74 Å². The smallest absolute Gasteiger partial charge is 0.0480 e. The Labute approximate surface area is 117 Å². The molecular weight excluding hydrogens is 234 g/mol. The molecule has 2 heteroatoms. The van der Waals surface area contributed by atoms with Gasteiger partial charge >= 0.3 is 0 Å². The first-order chi connectivity index (χ1) is 9.45. The van der Waals surface area contributed by atoms with Crippen molar-refractivity contribution in [3.63, 3.8) is 0 Å². The third-order valence-corrected chi connectivity index (χ3v) is 3.87. The van der Waals surface area contributed by atoms with Crippen LogP contribution >= 0.6 is 0 Å². The molecule has 2 nitrogen and oxygen atoms in total. The molecule has 1 aromatic carbocycles. The summed E-state index contributed by atoms with van der Waals surface area (Å²) >= 11 is 0. The number of ether oxygens (including phenoxy) is 1. The molecule has 1 aliphatic heterocycles. The molecule has 0 saturated carbocycles. The lowest BCUT2D eigenvalue weighted by Gasteiger charge is -2.23. The minimum Gasteiger partial charge on any atom is -0.381 e. The van der Waals surface area contributed by atoms with Gasteiger partial charge in [0.05, 0.1) is 0 Å². The minimum atomic E-state index is 0.707. The van der Waals surface area contributed by atoms with E-state index in [-0.39, 0.29) is 0 Å². The number of unbranched alkanes of at least 4 members (excludes halogenated alkanes) is 1. The summed E-state index contributed by atoms with van der Waals surface area (Å²) in [6.45, 7) is 3.03. The van der Waals surface area contributed by atoms with Crippen molar-refractivity contribution in [2.24, 2.45) is 0 Å². The standard InChI is InChI=1S/C17H27NO/c1-2-8-16(9-3-1)10-5-7-14-19-15-12-17-11-4-6-13-18-17/h1-3,8-9,17-18H,4-7,10-15H2. The normalized spacial score (nSPS) is 19.5. The molecular formula is C17H27NO. The van der Waals surface area contributed by atoms with Crippen molar-refractivity contribution in [3.05, 3.63) is 35.9 Å². The van der Waals surface area contributed by atoms with Crippen LogP contribution in [0.25, 0.3) is 0 Å². The van der Waals surface area contributed by atoms with Gasteiger partial charge in [-0.2, -0.15) is 0 Å². The van der Waals surface area contributed by atoms with Crippen molar-refractivity contribution >= 4 is 0 Å². The molecule has 1 N–H and O–H groups in total. The molecule has 0 aliphatic carbocycles. The van der Waals surface area contributed by atoms with Gasteiger partial charge < -0.3 is 10.1 Å². The summed E-state index contributed by atoms with van der Waals surface area (Å²) in [4.78, 5) is 0. The summed E-state index contributed by atoms with van der Waals surface area (Å²) in [6, 6.07) is 11.4. The second-order valence-electron chi connectivity index (χ2n) is 5.49. The number of benzene rings is 1. The summed E-state index contributed by atoms with van der Waals surface area (Å²) in [5, 5.41) is 3.56. The van der Waals surface area contributed by atoms with E-state index in [1.165, 1.54) is 57.1 Å². The Morgan fingerprint density at radius 3 is 2.74 bits per heavy atom. The van der Waals surface area contributed by atoms with Crippen molar-refractivity contribution < 1.29 is 4.74 Å². The fraction of sp³-hybridized carbons (Fsp3) is 0.647. The molecule has 19 heavy (non-hydrogen) atoms. The summed E-state index contributed by atoms with van der Waals surface area (Å²) in [5.74, 6) is 0. The van der Waals surface area contributed by atoms with E-state index in [9.17, 15) is 0 Å². The number of hydrogen-bond acceptors (Lipinski definition) is 2. The van der Waals surface area contributed by atoms with Crippen molar-refractivity contribution in [2.45, 2.75) is 51.0 Å². The average Bonchev–Trinajstić information content (AvgIpc) is 2.48. The molecule has 0 bridgehead atoms. The lowest BCUT2D eigenvalue weighted by atomic mass is 10.0. The highest BCUT2D eigenvalue weighted by molar-refractivity contribution is 5.14. The van der Waals surface area contributed by atoms with Crippen LogP contribution in [0, 0.1) is 0 Å². The van der Waals surface area contributed by atoms with Crippen molar-refractivity contribution in [3.8, 4) is 0 Å². The van der Waals surface area contributed by atoms with Crippen LogP contribution in [0.1, 0.15) is 44.1 Å². The summed E-state index contributed by atoms with van der Waals surface area (Å²) < 4.78 is 5.73. The van der Waals surface area contributed by atoms with E-state index in [0.717, 1.165) is 13.2 Å². The zero-order valence-electron chi connectivity index (χ0n) is 11.9. The maximum absolute atomic E-state index is 5.73. The molecule has 1 heterocycles. The number of nitrogens with one attached hydrogen (secondary N) is 1. The van der Waals surface area contributed by atoms with E-state index in [1.807, 2.05) is 0 Å². The van der Waals surface area contributed by atoms with Crippen molar-refractivity contribution in [1.29, 1.82) is 0 Å². The van der Waals surface area contributed by atoms with Crippen LogP contribution in [0.3, 0.4) is 0 Å². The third-order valence-electron chi connectivity index (χ3n) is 3.87. The van der Waals surface area contributed by atoms with Gasteiger partial charge in [0.2, 0.25) is 0 Å². The number of hydrogen-bond donors (Lipinski definition) is 1. The molecule has 1 unspecified atom stereocenters. The molecule has 0 amide bonds. The topological polar surface area (TPSA) is 21.3 Å². The Kier molecular flexibility index (Phi) is 6.97. The highest BCUT2D eigenvalue weighted by Crippen LogP contribution is 2.10. The first-order valence-corrected chi connectivity index (χ1v) is 7.80. The number of piperidine rings is 1. The minimum absolute atomic E-state index is 0.707. The second kappa shape index (κ2) is 9.11. The Morgan fingerprint density at radius 2 is 1.95 bits per heavy atom. The van der Waals surface area contributed by atoms with Crippen LogP contribution in [-0.2, 0) is 11.2 Å². The molecule has 0 aromatic heterocycles. The third kappa shape index (κ3) is 6.22. The first-order valence-electron chi connectivity index (χ1n) is 7.80. The second-order valence-corrected chi connectivity index (χ2v) is 5.49. The summed E-state index contributed by atoms with van der Waals surface area (Å²) in [6.07, 6.45) is 8.81. The predicted molar refractivity (Wildman–Crippen MR) is 80.5 cm³/mol. The Hall–Kier alpha value is -0.860. The highest BCUT2D eigenvalue weighted by atomic mass is 16.5. The molecule has 1 aromatic rings. The van der Waals surface area contributed by atoms with Gasteiger partial charge in [-0.15, -0.1) is 0 Å². The average molecular weight is 261 g/mol. The van der Waals surface area contributed by atoms with E-state index < -0.39 is 0 Å². The van der Waals surface area contributed by atoms with E-state index in [1.54, 1.807) is 0 Å². The van der Waals surface area contributed by atoms with Crippen LogP contribution in [-0.4, -0.2) is 25.8 Å². The van der Waals surface area contributed by atoms with Gasteiger partial charge in [0.1, 0.15) is 0 Å². The van der Waals surface area contributed by atoms with Gasteiger partial charge in [-0.05, 0) is 50.6 Å². The fourth-order valence-corrected chi connectivity index (χ4v) is 2.68. The van der Waals surface area contributed by atoms with Crippen LogP contribution in [0.2, 0.25) is 0 Å². The predicted octanol–water partition coefficient (Wildman–Crippen LogP) is 3.56. The zero-order valence-corrected chi connectivity index (χ0v) is 11.9. The van der Waals surface area contributed by atoms with Crippen LogP contribution < -0.4 is 5.32 Å². The number of aryl methyl sites for hydroxylation is 1. The van der Waals surface area contributed by atoms with Crippen LogP contribution in [0.4, 0.5) is 0 Å². The maximum Gasteiger partial charge on any atom is 0.0480 e. The van der Waals surface area contributed by atoms with Crippen molar-refractivity contribution in [2.75, 3.05) is 19.8 Å². The highest BCUT2D eigenvalue weighted by Gasteiger charge is 2.11. The molecule has 1 fully saturated rings. The largest absolute Gasteiger partial charge is 0.381 e. The van der Waals surface area contributed by atoms with Gasteiger partial charge in [-0.1, -0.05) is 36.8 Å². The van der Waals surface area contributed by atoms with Gasteiger partial charge in [0.15, 0.2) is 0 Å². The van der Waals surface area contributed by atoms with Crippen molar-refractivity contribution in [1.82, 2.24) is 5.32 Å². The van der Waals surface area contributed by atoms with E-state index >= 15 is 0 Å². The molecule has 2 rings (SSSR count). The first kappa shape index (κ1) is 14.5. The molecule has 0 radical (unpaired) electrons. The van der Waals surface area contributed by atoms with Gasteiger partial charge in [-0.3, -0.25) is 0 Å². The molecule has 1 saturated heterocycles. The summed E-state index contributed by atoms with van der Waals surface area (Å²) in [5.41, 5.74) is 1.44. The zero-order chi connectivity index (χ0) is 13.2. The fourth-order valence-electron chi connectivity index (χ4n) is 2.68. The Morgan fingerprint density at radius 1 is 1.05 bits per heavy atom. The number of rotatable bonds is 8.